The minimum atomic E-state index is -0.424. The molecule has 1 N–H and O–H groups in total. The van der Waals surface area contributed by atoms with E-state index < -0.39 is 11.6 Å². The third-order valence-electron chi connectivity index (χ3n) is 5.01. The van der Waals surface area contributed by atoms with E-state index in [9.17, 15) is 9.59 Å². The molecule has 9 nitrogen and oxygen atoms in total. The second-order valence-corrected chi connectivity index (χ2v) is 7.48. The quantitative estimate of drug-likeness (QED) is 0.446. The zero-order valence-corrected chi connectivity index (χ0v) is 17.7. The normalized spacial score (nSPS) is 11.2. The van der Waals surface area contributed by atoms with Gasteiger partial charge in [0.05, 0.1) is 18.5 Å². The van der Waals surface area contributed by atoms with Gasteiger partial charge in [-0.25, -0.2) is 18.4 Å². The highest BCUT2D eigenvalue weighted by molar-refractivity contribution is 6.30. The molecule has 0 aliphatic rings. The number of rotatable bonds is 5. The lowest BCUT2D eigenvalue weighted by molar-refractivity contribution is -0.117. The number of carbonyl (C=O) groups is 1. The Morgan fingerprint density at radius 2 is 1.88 bits per heavy atom. The number of hydrogen-bond donors (Lipinski definition) is 1. The fourth-order valence-electron chi connectivity index (χ4n) is 3.47. The smallest absolute Gasteiger partial charge is 0.350 e. The van der Waals surface area contributed by atoms with Gasteiger partial charge in [0.1, 0.15) is 17.8 Å². The minimum absolute atomic E-state index is 0.247. The van der Waals surface area contributed by atoms with Crippen molar-refractivity contribution in [1.82, 2.24) is 23.8 Å². The van der Waals surface area contributed by atoms with E-state index in [2.05, 4.69) is 15.5 Å². The lowest BCUT2D eigenvalue weighted by atomic mass is 10.1. The number of nitrogens with one attached hydrogen (secondary N) is 1. The van der Waals surface area contributed by atoms with Crippen LogP contribution in [0.3, 0.4) is 0 Å². The molecule has 2 aromatic carbocycles. The molecule has 160 valence electrons. The van der Waals surface area contributed by atoms with Crippen LogP contribution in [0.25, 0.3) is 22.4 Å². The van der Waals surface area contributed by atoms with E-state index >= 15 is 0 Å². The van der Waals surface area contributed by atoms with Gasteiger partial charge in [-0.1, -0.05) is 35.9 Å². The number of carbonyl (C=O) groups excluding carboxylic acids is 1. The number of halogens is 1. The monoisotopic (exact) mass is 448 g/mol. The van der Waals surface area contributed by atoms with Gasteiger partial charge in [-0.3, -0.25) is 4.79 Å². The molecule has 3 aromatic heterocycles. The number of nitrogens with zero attached hydrogens (tertiary/aromatic N) is 5. The van der Waals surface area contributed by atoms with E-state index in [0.29, 0.717) is 33.3 Å². The Morgan fingerprint density at radius 3 is 2.66 bits per heavy atom. The van der Waals surface area contributed by atoms with Gasteiger partial charge in [0, 0.05) is 23.0 Å². The highest BCUT2D eigenvalue weighted by atomic mass is 35.5. The molecule has 0 fully saturated rings. The fourth-order valence-corrected chi connectivity index (χ4v) is 3.60. The first kappa shape index (κ1) is 19.8. The zero-order chi connectivity index (χ0) is 22.2. The van der Waals surface area contributed by atoms with Crippen LogP contribution < -0.4 is 15.7 Å². The van der Waals surface area contributed by atoms with Gasteiger partial charge in [-0.2, -0.15) is 5.10 Å². The number of aromatic nitrogens is 5. The number of fused-ring (bicyclic) bond motifs is 3. The summed E-state index contributed by atoms with van der Waals surface area (Å²) in [6, 6.07) is 16.2. The van der Waals surface area contributed by atoms with Crippen molar-refractivity contribution >= 4 is 34.4 Å². The molecule has 0 atom stereocenters. The number of anilines is 1. The molecule has 32 heavy (non-hydrogen) atoms. The van der Waals surface area contributed by atoms with E-state index in [0.717, 1.165) is 10.2 Å². The van der Waals surface area contributed by atoms with Crippen LogP contribution in [0.5, 0.6) is 5.75 Å². The van der Waals surface area contributed by atoms with E-state index in [-0.39, 0.29) is 6.54 Å². The summed E-state index contributed by atoms with van der Waals surface area (Å²) in [7, 11) is 1.52. The van der Waals surface area contributed by atoms with Crippen molar-refractivity contribution in [3.8, 4) is 17.0 Å². The molecular weight excluding hydrogens is 432 g/mol. The largest absolute Gasteiger partial charge is 0.495 e. The van der Waals surface area contributed by atoms with Crippen molar-refractivity contribution in [2.24, 2.45) is 0 Å². The first-order chi connectivity index (χ1) is 15.5. The Hall–Kier alpha value is -4.11. The molecule has 0 bridgehead atoms. The molecule has 0 saturated carbocycles. The van der Waals surface area contributed by atoms with Gasteiger partial charge in [0.25, 0.3) is 0 Å². The lowest BCUT2D eigenvalue weighted by Crippen LogP contribution is -2.28. The average molecular weight is 449 g/mol. The van der Waals surface area contributed by atoms with Crippen molar-refractivity contribution in [2.75, 3.05) is 12.4 Å². The molecule has 0 unspecified atom stereocenters. The highest BCUT2D eigenvalue weighted by Gasteiger charge is 2.16. The van der Waals surface area contributed by atoms with Crippen molar-refractivity contribution in [3.63, 3.8) is 0 Å². The van der Waals surface area contributed by atoms with Gasteiger partial charge in [-0.05, 0) is 30.3 Å². The standard InChI is InChI=1S/C22H17ClN6O3/c1-32-19-5-3-2-4-16(19)24-20(30)13-29-22(31)27-10-11-28-18(21(27)26-29)12-17(25-28)14-6-8-15(23)9-7-14/h2-12H,13H2,1H3,(H,24,30). The van der Waals surface area contributed by atoms with Crippen molar-refractivity contribution in [1.29, 1.82) is 0 Å². The molecule has 5 rings (SSSR count). The molecule has 0 aliphatic heterocycles. The highest BCUT2D eigenvalue weighted by Crippen LogP contribution is 2.24. The predicted octanol–water partition coefficient (Wildman–Crippen LogP) is 3.11. The Kier molecular flexibility index (Phi) is 4.87. The summed E-state index contributed by atoms with van der Waals surface area (Å²) in [4.78, 5) is 25.4. The minimum Gasteiger partial charge on any atom is -0.495 e. The third-order valence-corrected chi connectivity index (χ3v) is 5.26. The summed E-state index contributed by atoms with van der Waals surface area (Å²) in [5, 5.41) is 12.3. The van der Waals surface area contributed by atoms with Crippen molar-refractivity contribution in [3.05, 3.63) is 82.5 Å². The Bertz CT molecular complexity index is 1520. The Balaban J connectivity index is 1.48. The number of benzene rings is 2. The van der Waals surface area contributed by atoms with E-state index in [1.54, 1.807) is 53.3 Å². The van der Waals surface area contributed by atoms with Gasteiger partial charge in [0.2, 0.25) is 5.91 Å². The number of ether oxygens (including phenoxy) is 1. The SMILES string of the molecule is COc1ccccc1NC(=O)Cn1nc2c3cc(-c4ccc(Cl)cc4)nn3ccn2c1=O. The molecule has 0 radical (unpaired) electrons. The fraction of sp³-hybridized carbons (Fsp3) is 0.0909. The van der Waals surface area contributed by atoms with Crippen LogP contribution in [-0.4, -0.2) is 36.8 Å². The van der Waals surface area contributed by atoms with Gasteiger partial charge >= 0.3 is 5.69 Å². The van der Waals surface area contributed by atoms with E-state index in [4.69, 9.17) is 16.3 Å². The first-order valence-corrected chi connectivity index (χ1v) is 10.1. The molecular formula is C22H17ClN6O3. The summed E-state index contributed by atoms with van der Waals surface area (Å²) in [6.45, 7) is -0.247. The summed E-state index contributed by atoms with van der Waals surface area (Å²) in [5.74, 6) is 0.130. The van der Waals surface area contributed by atoms with E-state index in [1.807, 2.05) is 18.2 Å². The van der Waals surface area contributed by atoms with Crippen LogP contribution in [0.2, 0.25) is 5.02 Å². The zero-order valence-electron chi connectivity index (χ0n) is 16.9. The molecule has 3 heterocycles. The molecule has 0 saturated heterocycles. The van der Waals surface area contributed by atoms with Gasteiger partial charge < -0.3 is 10.1 Å². The first-order valence-electron chi connectivity index (χ1n) is 9.70. The summed E-state index contributed by atoms with van der Waals surface area (Å²) in [5.41, 5.74) is 2.73. The predicted molar refractivity (Wildman–Crippen MR) is 120 cm³/mol. The van der Waals surface area contributed by atoms with Crippen LogP contribution >= 0.6 is 11.6 Å². The maximum Gasteiger partial charge on any atom is 0.350 e. The maximum atomic E-state index is 12.8. The maximum absolute atomic E-state index is 12.8. The summed E-state index contributed by atoms with van der Waals surface area (Å²) >= 11 is 5.97. The van der Waals surface area contributed by atoms with Crippen molar-refractivity contribution in [2.45, 2.75) is 6.54 Å². The molecule has 10 heteroatoms. The van der Waals surface area contributed by atoms with Crippen LogP contribution in [-0.2, 0) is 11.3 Å². The molecule has 5 aromatic rings. The van der Waals surface area contributed by atoms with Crippen LogP contribution in [0.1, 0.15) is 0 Å². The van der Waals surface area contributed by atoms with Crippen LogP contribution in [0, 0.1) is 0 Å². The lowest BCUT2D eigenvalue weighted by Gasteiger charge is -2.09. The molecule has 0 aliphatic carbocycles. The second-order valence-electron chi connectivity index (χ2n) is 7.05. The topological polar surface area (TPSA) is 94.9 Å². The van der Waals surface area contributed by atoms with Gasteiger partial charge in [-0.15, -0.1) is 5.10 Å². The Labute approximate surface area is 186 Å². The van der Waals surface area contributed by atoms with Crippen LogP contribution in [0.15, 0.2) is 71.8 Å². The van der Waals surface area contributed by atoms with E-state index in [1.165, 1.54) is 11.5 Å². The number of hydrogen-bond acceptors (Lipinski definition) is 5. The number of methoxy groups -OCH3 is 1. The summed E-state index contributed by atoms with van der Waals surface area (Å²) in [6.07, 6.45) is 3.25. The average Bonchev–Trinajstić information content (AvgIpc) is 3.36. The number of para-hydroxylation sites is 2. The van der Waals surface area contributed by atoms with Gasteiger partial charge in [0.15, 0.2) is 5.65 Å². The van der Waals surface area contributed by atoms with Crippen LogP contribution in [0.4, 0.5) is 5.69 Å². The molecule has 1 amide bonds. The summed E-state index contributed by atoms with van der Waals surface area (Å²) < 4.78 is 9.39. The molecule has 0 spiro atoms. The number of amides is 1. The third kappa shape index (κ3) is 3.48. The second kappa shape index (κ2) is 7.86. The Morgan fingerprint density at radius 1 is 1.09 bits per heavy atom. The van der Waals surface area contributed by atoms with Crippen molar-refractivity contribution < 1.29 is 9.53 Å².